The molecule has 6 heteroatoms. The van der Waals surface area contributed by atoms with E-state index in [4.69, 9.17) is 29.0 Å². The number of rotatable bonds is 1. The lowest BCUT2D eigenvalue weighted by Gasteiger charge is -2.36. The lowest BCUT2D eigenvalue weighted by molar-refractivity contribution is -0.437. The highest BCUT2D eigenvalue weighted by Gasteiger charge is 2.66. The van der Waals surface area contributed by atoms with E-state index in [2.05, 4.69) is 0 Å². The van der Waals surface area contributed by atoms with Gasteiger partial charge in [0, 0.05) is 12.8 Å². The summed E-state index contributed by atoms with van der Waals surface area (Å²) < 4.78 is 11.9. The zero-order chi connectivity index (χ0) is 13.8. The van der Waals surface area contributed by atoms with E-state index in [1.807, 2.05) is 0 Å². The molecule has 1 spiro atoms. The molecule has 0 aromatic carbocycles. The fourth-order valence-corrected chi connectivity index (χ4v) is 2.84. The Labute approximate surface area is 113 Å². The molecule has 110 valence electrons. The molecule has 0 amide bonds. The van der Waals surface area contributed by atoms with Gasteiger partial charge in [0.2, 0.25) is 5.79 Å². The van der Waals surface area contributed by atoms with Gasteiger partial charge in [0.1, 0.15) is 0 Å². The molecule has 0 unspecified atom stereocenters. The summed E-state index contributed by atoms with van der Waals surface area (Å²) in [7, 11) is 0. The van der Waals surface area contributed by atoms with Crippen molar-refractivity contribution in [2.24, 2.45) is 0 Å². The second-order valence-corrected chi connectivity index (χ2v) is 6.30. The summed E-state index contributed by atoms with van der Waals surface area (Å²) in [6.45, 7) is 7.02. The molecule has 0 bridgehead atoms. The SMILES string of the molecule is CC1(C)OO[C@](C)([C@]2(C)OOC3(CCCCC3)O2)O1. The van der Waals surface area contributed by atoms with Crippen LogP contribution in [0.1, 0.15) is 59.8 Å². The first-order chi connectivity index (χ1) is 8.79. The highest BCUT2D eigenvalue weighted by atomic mass is 17.3. The predicted molar refractivity (Wildman–Crippen MR) is 63.2 cm³/mol. The molecule has 0 radical (unpaired) electrons. The van der Waals surface area contributed by atoms with Crippen LogP contribution in [0, 0.1) is 0 Å². The molecule has 3 rings (SSSR count). The van der Waals surface area contributed by atoms with Crippen LogP contribution in [0.2, 0.25) is 0 Å². The Balaban J connectivity index is 1.78. The first-order valence-electron chi connectivity index (χ1n) is 6.92. The van der Waals surface area contributed by atoms with Crippen molar-refractivity contribution in [3.8, 4) is 0 Å². The van der Waals surface area contributed by atoms with E-state index in [1.54, 1.807) is 27.7 Å². The summed E-state index contributed by atoms with van der Waals surface area (Å²) in [6, 6.07) is 0. The van der Waals surface area contributed by atoms with Gasteiger partial charge in [-0.3, -0.25) is 0 Å². The zero-order valence-electron chi connectivity index (χ0n) is 12.0. The van der Waals surface area contributed by atoms with Gasteiger partial charge < -0.3 is 9.47 Å². The second-order valence-electron chi connectivity index (χ2n) is 6.30. The van der Waals surface area contributed by atoms with Gasteiger partial charge in [-0.25, -0.2) is 0 Å². The van der Waals surface area contributed by atoms with Crippen molar-refractivity contribution in [3.63, 3.8) is 0 Å². The first-order valence-corrected chi connectivity index (χ1v) is 6.92. The summed E-state index contributed by atoms with van der Waals surface area (Å²) in [4.78, 5) is 21.5. The number of hydrogen-bond acceptors (Lipinski definition) is 6. The van der Waals surface area contributed by atoms with Crippen LogP contribution in [0.3, 0.4) is 0 Å². The summed E-state index contributed by atoms with van der Waals surface area (Å²) >= 11 is 0. The fraction of sp³-hybridized carbons (Fsp3) is 1.00. The molecule has 0 aromatic heterocycles. The first kappa shape index (κ1) is 13.7. The molecular formula is C13H22O6. The van der Waals surface area contributed by atoms with Crippen LogP contribution >= 0.6 is 0 Å². The minimum atomic E-state index is -1.17. The van der Waals surface area contributed by atoms with Crippen LogP contribution < -0.4 is 0 Å². The molecule has 3 aliphatic rings. The van der Waals surface area contributed by atoms with Crippen LogP contribution in [-0.4, -0.2) is 23.1 Å². The third kappa shape index (κ3) is 2.20. The van der Waals surface area contributed by atoms with Crippen molar-refractivity contribution in [2.75, 3.05) is 0 Å². The molecule has 2 aliphatic heterocycles. The molecule has 2 saturated heterocycles. The fourth-order valence-electron chi connectivity index (χ4n) is 2.84. The van der Waals surface area contributed by atoms with E-state index in [9.17, 15) is 0 Å². The third-order valence-electron chi connectivity index (χ3n) is 4.02. The van der Waals surface area contributed by atoms with E-state index in [0.29, 0.717) is 0 Å². The molecule has 19 heavy (non-hydrogen) atoms. The molecule has 2 heterocycles. The molecule has 1 saturated carbocycles. The van der Waals surface area contributed by atoms with Gasteiger partial charge in [-0.1, -0.05) is 6.42 Å². The van der Waals surface area contributed by atoms with Crippen molar-refractivity contribution in [3.05, 3.63) is 0 Å². The summed E-state index contributed by atoms with van der Waals surface area (Å²) in [5.74, 6) is -3.84. The molecule has 2 atom stereocenters. The Morgan fingerprint density at radius 2 is 1.21 bits per heavy atom. The molecule has 0 aromatic rings. The Hall–Kier alpha value is -0.240. The number of hydrogen-bond donors (Lipinski definition) is 0. The Morgan fingerprint density at radius 3 is 1.79 bits per heavy atom. The highest BCUT2D eigenvalue weighted by Crippen LogP contribution is 2.50. The lowest BCUT2D eigenvalue weighted by atomic mass is 9.94. The maximum absolute atomic E-state index is 6.08. The average molecular weight is 274 g/mol. The van der Waals surface area contributed by atoms with Gasteiger partial charge in [0.15, 0.2) is 5.79 Å². The van der Waals surface area contributed by atoms with E-state index in [0.717, 1.165) is 25.7 Å². The van der Waals surface area contributed by atoms with E-state index in [1.165, 1.54) is 6.42 Å². The van der Waals surface area contributed by atoms with E-state index in [-0.39, 0.29) is 0 Å². The Kier molecular flexibility index (Phi) is 2.98. The Bertz CT molecular complexity index is 364. The predicted octanol–water partition coefficient (Wildman–Crippen LogP) is 2.77. The third-order valence-corrected chi connectivity index (χ3v) is 4.02. The van der Waals surface area contributed by atoms with Crippen molar-refractivity contribution in [1.29, 1.82) is 0 Å². The maximum Gasteiger partial charge on any atom is 0.258 e. The van der Waals surface area contributed by atoms with Crippen LogP contribution in [0.4, 0.5) is 0 Å². The molecular weight excluding hydrogens is 252 g/mol. The molecule has 3 fully saturated rings. The zero-order valence-corrected chi connectivity index (χ0v) is 12.0. The van der Waals surface area contributed by atoms with Gasteiger partial charge >= 0.3 is 0 Å². The van der Waals surface area contributed by atoms with Gasteiger partial charge in [-0.2, -0.15) is 19.6 Å². The second kappa shape index (κ2) is 4.13. The smallest absolute Gasteiger partial charge is 0.258 e. The lowest BCUT2D eigenvalue weighted by Crippen LogP contribution is -2.54. The maximum atomic E-state index is 6.08. The van der Waals surface area contributed by atoms with Gasteiger partial charge in [0.25, 0.3) is 11.6 Å². The minimum Gasteiger partial charge on any atom is -0.308 e. The standard InChI is InChI=1S/C13H22O6/c1-10(2)14-11(3,17-16-10)12(4)15-13(19-18-12)8-6-5-7-9-13/h5-9H2,1-4H3/t11-,12+/m1/s1. The quantitative estimate of drug-likeness (QED) is 0.685. The largest absolute Gasteiger partial charge is 0.308 e. The van der Waals surface area contributed by atoms with E-state index < -0.39 is 23.1 Å². The summed E-state index contributed by atoms with van der Waals surface area (Å²) in [5, 5.41) is 0. The summed E-state index contributed by atoms with van der Waals surface area (Å²) in [5.41, 5.74) is 0. The molecule has 0 N–H and O–H groups in total. The van der Waals surface area contributed by atoms with Crippen LogP contribution in [0.5, 0.6) is 0 Å². The van der Waals surface area contributed by atoms with Crippen LogP contribution in [0.15, 0.2) is 0 Å². The van der Waals surface area contributed by atoms with Crippen LogP contribution in [-0.2, 0) is 29.0 Å². The van der Waals surface area contributed by atoms with Crippen molar-refractivity contribution >= 4 is 0 Å². The van der Waals surface area contributed by atoms with Crippen LogP contribution in [0.25, 0.3) is 0 Å². The van der Waals surface area contributed by atoms with Gasteiger partial charge in [-0.05, 0) is 40.5 Å². The Morgan fingerprint density at radius 1 is 0.632 bits per heavy atom. The van der Waals surface area contributed by atoms with Gasteiger partial charge in [0.05, 0.1) is 0 Å². The monoisotopic (exact) mass is 274 g/mol. The minimum absolute atomic E-state index is 0.671. The van der Waals surface area contributed by atoms with Crippen molar-refractivity contribution < 1.29 is 29.0 Å². The molecule has 6 nitrogen and oxygen atoms in total. The van der Waals surface area contributed by atoms with Crippen molar-refractivity contribution in [1.82, 2.24) is 0 Å². The summed E-state index contributed by atoms with van der Waals surface area (Å²) in [6.07, 6.45) is 4.98. The molecule has 1 aliphatic carbocycles. The van der Waals surface area contributed by atoms with Crippen molar-refractivity contribution in [2.45, 2.75) is 82.9 Å². The van der Waals surface area contributed by atoms with Gasteiger partial charge in [-0.15, -0.1) is 0 Å². The topological polar surface area (TPSA) is 55.4 Å². The highest BCUT2D eigenvalue weighted by molar-refractivity contribution is 4.90. The van der Waals surface area contributed by atoms with E-state index >= 15 is 0 Å². The normalized spacial score (nSPS) is 44.8. The number of ether oxygens (including phenoxy) is 2. The average Bonchev–Trinajstić information content (AvgIpc) is 2.81.